The van der Waals surface area contributed by atoms with Crippen molar-refractivity contribution in [2.75, 3.05) is 21.1 Å². The lowest BCUT2D eigenvalue weighted by Crippen LogP contribution is -3.00. The van der Waals surface area contributed by atoms with Gasteiger partial charge in [0.1, 0.15) is 11.4 Å². The quantitative estimate of drug-likeness (QED) is 0.496. The molecule has 1 aromatic carbocycles. The van der Waals surface area contributed by atoms with Crippen LogP contribution in [0.5, 0.6) is 5.75 Å². The minimum atomic E-state index is -2.13. The summed E-state index contributed by atoms with van der Waals surface area (Å²) < 4.78 is 21.9. The number of hydrogen-bond acceptors (Lipinski definition) is 1. The molecule has 0 saturated heterocycles. The Morgan fingerprint density at radius 1 is 1.42 bits per heavy atom. The number of phenols is 1. The van der Waals surface area contributed by atoms with E-state index >= 15 is 0 Å². The number of aromatic hydroxyl groups is 1. The Kier molecular flexibility index (Phi) is 2.44. The Hall–Kier alpha value is -0.290. The Bertz CT molecular complexity index is 338. The molecule has 12 heavy (non-hydrogen) atoms. The number of halogens is 1. The number of rotatable bonds is 1. The molecule has 1 rings (SSSR count). The monoisotopic (exact) mass is 282 g/mol. The summed E-state index contributed by atoms with van der Waals surface area (Å²) >= 11 is 0. The van der Waals surface area contributed by atoms with E-state index in [2.05, 4.69) is 0 Å². The molecule has 0 atom stereocenters. The third kappa shape index (κ3) is 2.98. The van der Waals surface area contributed by atoms with Gasteiger partial charge in [0.2, 0.25) is 0 Å². The second kappa shape index (κ2) is 4.09. The van der Waals surface area contributed by atoms with Crippen LogP contribution in [0.3, 0.4) is 0 Å². The van der Waals surface area contributed by atoms with Crippen molar-refractivity contribution in [2.24, 2.45) is 0 Å². The van der Waals surface area contributed by atoms with Crippen LogP contribution in [0.15, 0.2) is 24.3 Å². The standard InChI is InChI=1S/C9H13NO.HI/c1-10(2,3)8-5-4-6-9(11)7-8;/h4-7H,1-3H3;1H/i1D3;. The summed E-state index contributed by atoms with van der Waals surface area (Å²) in [6, 6.07) is 6.30. The summed E-state index contributed by atoms with van der Waals surface area (Å²) in [7, 11) is 3.17. The van der Waals surface area contributed by atoms with Gasteiger partial charge in [-0.15, -0.1) is 0 Å². The van der Waals surface area contributed by atoms with Gasteiger partial charge < -0.3 is 29.1 Å². The van der Waals surface area contributed by atoms with Gasteiger partial charge in [-0.3, -0.25) is 4.48 Å². The Labute approximate surface area is 94.6 Å². The van der Waals surface area contributed by atoms with E-state index in [1.807, 2.05) is 0 Å². The first-order valence-corrected chi connectivity index (χ1v) is 3.39. The highest BCUT2D eigenvalue weighted by molar-refractivity contribution is 5.45. The topological polar surface area (TPSA) is 20.2 Å². The third-order valence-corrected chi connectivity index (χ3v) is 1.48. The van der Waals surface area contributed by atoms with E-state index in [9.17, 15) is 5.11 Å². The molecule has 0 saturated carbocycles. The fourth-order valence-electron chi connectivity index (χ4n) is 0.841. The van der Waals surface area contributed by atoms with Crippen molar-refractivity contribution in [1.29, 1.82) is 0 Å². The van der Waals surface area contributed by atoms with Crippen LogP contribution in [0.2, 0.25) is 0 Å². The molecule has 1 N–H and O–H groups in total. The van der Waals surface area contributed by atoms with Crippen LogP contribution in [0.25, 0.3) is 0 Å². The molecule has 0 aliphatic rings. The van der Waals surface area contributed by atoms with Crippen molar-refractivity contribution in [3.05, 3.63) is 24.3 Å². The second-order valence-electron chi connectivity index (χ2n) is 2.97. The van der Waals surface area contributed by atoms with Gasteiger partial charge in [-0.2, -0.15) is 0 Å². The molecule has 0 amide bonds. The minimum absolute atomic E-state index is 0. The summed E-state index contributed by atoms with van der Waals surface area (Å²) in [6.45, 7) is -2.13. The largest absolute Gasteiger partial charge is 1.00 e. The van der Waals surface area contributed by atoms with E-state index in [0.29, 0.717) is 5.69 Å². The summed E-state index contributed by atoms with van der Waals surface area (Å²) in [5.41, 5.74) is 0.560. The van der Waals surface area contributed by atoms with Gasteiger partial charge in [-0.05, 0) is 12.1 Å². The van der Waals surface area contributed by atoms with Crippen molar-refractivity contribution in [1.82, 2.24) is 4.48 Å². The Balaban J connectivity index is 0.00000196. The highest BCUT2D eigenvalue weighted by atomic mass is 127. The number of benzene rings is 1. The summed E-state index contributed by atoms with van der Waals surface area (Å²) in [5.74, 6) is 0.0814. The minimum Gasteiger partial charge on any atom is -1.00 e. The average Bonchev–Trinajstić information content (AvgIpc) is 2.02. The van der Waals surface area contributed by atoms with Gasteiger partial charge in [0, 0.05) is 6.07 Å². The zero-order valence-electron chi connectivity index (χ0n) is 10.1. The molecule has 0 radical (unpaired) electrons. The lowest BCUT2D eigenvalue weighted by molar-refractivity contribution is -0.00000361. The number of quaternary nitrogens is 1. The highest BCUT2D eigenvalue weighted by Gasteiger charge is 2.11. The molecule has 0 aliphatic carbocycles. The molecule has 0 fully saturated rings. The zero-order chi connectivity index (χ0) is 11.0. The van der Waals surface area contributed by atoms with Gasteiger partial charge in [-0.1, -0.05) is 6.07 Å². The highest BCUT2D eigenvalue weighted by Crippen LogP contribution is 2.21. The van der Waals surface area contributed by atoms with Crippen LogP contribution >= 0.6 is 0 Å². The maximum Gasteiger partial charge on any atom is 0.135 e. The SMILES string of the molecule is [2H]C([2H])([2H])[N+](C)(C)c1cccc(O)c1.[I-]. The third-order valence-electron chi connectivity index (χ3n) is 1.48. The second-order valence-corrected chi connectivity index (χ2v) is 2.97. The molecule has 0 spiro atoms. The van der Waals surface area contributed by atoms with Crippen molar-refractivity contribution in [3.8, 4) is 5.75 Å². The molecule has 0 heterocycles. The van der Waals surface area contributed by atoms with Crippen LogP contribution in [0, 0.1) is 0 Å². The van der Waals surface area contributed by atoms with E-state index in [1.54, 1.807) is 26.2 Å². The lowest BCUT2D eigenvalue weighted by Gasteiger charge is -2.23. The van der Waals surface area contributed by atoms with E-state index in [0.717, 1.165) is 0 Å². The van der Waals surface area contributed by atoms with Crippen molar-refractivity contribution >= 4 is 5.69 Å². The average molecular weight is 282 g/mol. The normalized spacial score (nSPS) is 15.3. The fourth-order valence-corrected chi connectivity index (χ4v) is 0.841. The van der Waals surface area contributed by atoms with E-state index in [4.69, 9.17) is 4.11 Å². The fraction of sp³-hybridized carbons (Fsp3) is 0.333. The summed E-state index contributed by atoms with van der Waals surface area (Å²) in [6.07, 6.45) is 0. The molecule has 0 bridgehead atoms. The van der Waals surface area contributed by atoms with Crippen molar-refractivity contribution in [3.63, 3.8) is 0 Å². The molecule has 68 valence electrons. The molecule has 3 heteroatoms. The summed E-state index contributed by atoms with van der Waals surface area (Å²) in [4.78, 5) is 0. The van der Waals surface area contributed by atoms with Crippen LogP contribution < -0.4 is 28.5 Å². The first kappa shape index (κ1) is 7.15. The van der Waals surface area contributed by atoms with Crippen molar-refractivity contribution < 1.29 is 33.2 Å². The molecular weight excluding hydrogens is 265 g/mol. The first-order valence-electron chi connectivity index (χ1n) is 4.89. The predicted octanol–water partition coefficient (Wildman–Crippen LogP) is -1.41. The lowest BCUT2D eigenvalue weighted by atomic mass is 10.2. The van der Waals surface area contributed by atoms with Crippen LogP contribution in [0.4, 0.5) is 5.69 Å². The van der Waals surface area contributed by atoms with Crippen molar-refractivity contribution in [2.45, 2.75) is 0 Å². The van der Waals surface area contributed by atoms with Gasteiger partial charge >= 0.3 is 0 Å². The summed E-state index contributed by atoms with van der Waals surface area (Å²) in [5, 5.41) is 9.25. The molecule has 2 nitrogen and oxygen atoms in total. The maximum absolute atomic E-state index is 9.25. The van der Waals surface area contributed by atoms with E-state index < -0.39 is 6.98 Å². The molecule has 1 aromatic rings. The van der Waals surface area contributed by atoms with Gasteiger partial charge in [0.05, 0.1) is 25.2 Å². The molecular formula is C9H14INO. The molecule has 0 unspecified atom stereocenters. The van der Waals surface area contributed by atoms with Gasteiger partial charge in [-0.25, -0.2) is 0 Å². The maximum atomic E-state index is 9.25. The van der Waals surface area contributed by atoms with E-state index in [-0.39, 0.29) is 34.2 Å². The zero-order valence-corrected chi connectivity index (χ0v) is 9.24. The van der Waals surface area contributed by atoms with Gasteiger partial charge in [0.25, 0.3) is 0 Å². The Morgan fingerprint density at radius 3 is 2.58 bits per heavy atom. The van der Waals surface area contributed by atoms with Crippen LogP contribution in [-0.2, 0) is 0 Å². The molecule has 0 aliphatic heterocycles. The smallest absolute Gasteiger partial charge is 0.135 e. The Morgan fingerprint density at radius 2 is 2.08 bits per heavy atom. The number of nitrogens with zero attached hydrogens (tertiary/aromatic N) is 1. The molecule has 0 aromatic heterocycles. The number of hydrogen-bond donors (Lipinski definition) is 1. The van der Waals surface area contributed by atoms with Crippen LogP contribution in [-0.4, -0.2) is 26.2 Å². The van der Waals surface area contributed by atoms with Crippen LogP contribution in [0.1, 0.15) is 4.11 Å². The van der Waals surface area contributed by atoms with Gasteiger partial charge in [0.15, 0.2) is 0 Å². The van der Waals surface area contributed by atoms with E-state index in [1.165, 1.54) is 12.1 Å². The first-order chi connectivity index (χ1) is 6.25. The number of phenolic OH excluding ortho intramolecular Hbond substituents is 1. The predicted molar refractivity (Wildman–Crippen MR) is 47.7 cm³/mol.